The van der Waals surface area contributed by atoms with E-state index in [1.54, 1.807) is 42.9 Å². The Hall–Kier alpha value is -3.67. The molecule has 2 fully saturated rings. The van der Waals surface area contributed by atoms with Crippen LogP contribution in [-0.4, -0.2) is 81.0 Å². The molecule has 5 rings (SSSR count). The molecule has 2 atom stereocenters. The molecule has 2 aliphatic heterocycles. The van der Waals surface area contributed by atoms with Crippen LogP contribution in [0.15, 0.2) is 54.9 Å². The summed E-state index contributed by atoms with van der Waals surface area (Å²) >= 11 is 0. The number of rotatable bonds is 6. The molecule has 1 aromatic carbocycles. The molecule has 12 heteroatoms. The molecular formula is C28H32F4N6O2. The van der Waals surface area contributed by atoms with Crippen molar-refractivity contribution in [3.05, 3.63) is 66.4 Å². The third-order valence-electron chi connectivity index (χ3n) is 7.39. The number of aromatic nitrogens is 3. The Kier molecular flexibility index (Phi) is 7.97. The van der Waals surface area contributed by atoms with Crippen molar-refractivity contribution in [1.82, 2.24) is 24.6 Å². The Balaban J connectivity index is 1.22. The molecule has 0 aliphatic carbocycles. The second-order valence-corrected chi connectivity index (χ2v) is 10.4. The highest BCUT2D eigenvalue weighted by Crippen LogP contribution is 2.28. The summed E-state index contributed by atoms with van der Waals surface area (Å²) in [5.74, 6) is -1.11. The summed E-state index contributed by atoms with van der Waals surface area (Å²) in [4.78, 5) is 21.6. The van der Waals surface area contributed by atoms with Crippen LogP contribution in [0.4, 0.5) is 23.4 Å². The molecule has 0 spiro atoms. The van der Waals surface area contributed by atoms with Crippen molar-refractivity contribution in [2.45, 2.75) is 57.6 Å². The maximum absolute atomic E-state index is 14.0. The van der Waals surface area contributed by atoms with E-state index in [0.29, 0.717) is 45.6 Å². The first-order valence-electron chi connectivity index (χ1n) is 13.4. The molecule has 0 saturated carbocycles. The lowest BCUT2D eigenvalue weighted by atomic mass is 10.1. The molecule has 0 unspecified atom stereocenters. The van der Waals surface area contributed by atoms with Crippen molar-refractivity contribution in [3.63, 3.8) is 0 Å². The average Bonchev–Trinajstić information content (AvgIpc) is 3.38. The first-order valence-corrected chi connectivity index (χ1v) is 13.4. The Bertz CT molecular complexity index is 1310. The van der Waals surface area contributed by atoms with Crippen molar-refractivity contribution in [2.24, 2.45) is 0 Å². The van der Waals surface area contributed by atoms with Gasteiger partial charge in [-0.25, -0.2) is 14.1 Å². The number of pyridine rings is 1. The Morgan fingerprint density at radius 2 is 1.73 bits per heavy atom. The van der Waals surface area contributed by atoms with Crippen molar-refractivity contribution >= 4 is 11.7 Å². The quantitative estimate of drug-likeness (QED) is 0.416. The molecule has 4 heterocycles. The largest absolute Gasteiger partial charge is 0.487 e. The summed E-state index contributed by atoms with van der Waals surface area (Å²) in [6.45, 7) is 5.74. The van der Waals surface area contributed by atoms with Gasteiger partial charge in [0, 0.05) is 70.0 Å². The van der Waals surface area contributed by atoms with Crippen molar-refractivity contribution in [3.8, 4) is 11.4 Å². The zero-order valence-corrected chi connectivity index (χ0v) is 22.4. The van der Waals surface area contributed by atoms with Gasteiger partial charge in [0.05, 0.1) is 5.69 Å². The van der Waals surface area contributed by atoms with Crippen LogP contribution in [0, 0.1) is 5.82 Å². The normalized spacial score (nSPS) is 21.1. The number of ether oxygens (including phenoxy) is 1. The topological polar surface area (TPSA) is 66.7 Å². The van der Waals surface area contributed by atoms with Gasteiger partial charge in [0.1, 0.15) is 11.8 Å². The van der Waals surface area contributed by atoms with Gasteiger partial charge >= 0.3 is 12.1 Å². The predicted octanol–water partition coefficient (Wildman–Crippen LogP) is 4.44. The number of benzene rings is 1. The number of carbonyl (C=O) groups is 1. The molecular weight excluding hydrogens is 528 g/mol. The highest BCUT2D eigenvalue weighted by molar-refractivity contribution is 5.82. The number of amides is 1. The minimum absolute atomic E-state index is 0.0895. The number of hydrogen-bond acceptors (Lipinski definition) is 6. The Morgan fingerprint density at radius 3 is 2.40 bits per heavy atom. The van der Waals surface area contributed by atoms with Crippen LogP contribution in [0.1, 0.15) is 32.4 Å². The van der Waals surface area contributed by atoms with E-state index in [2.05, 4.69) is 9.88 Å². The summed E-state index contributed by atoms with van der Waals surface area (Å²) in [6, 6.07) is 10.9. The molecule has 0 bridgehead atoms. The first-order chi connectivity index (χ1) is 19.1. The van der Waals surface area contributed by atoms with Crippen LogP contribution >= 0.6 is 0 Å². The fraction of sp³-hybridized carbons (Fsp3) is 0.464. The minimum atomic E-state index is -4.88. The zero-order valence-electron chi connectivity index (χ0n) is 22.4. The van der Waals surface area contributed by atoms with E-state index in [0.717, 1.165) is 22.1 Å². The summed E-state index contributed by atoms with van der Waals surface area (Å²) in [6.07, 6.45) is 0.0401. The SMILES string of the molecule is C[C@@H]1CN(Cc2ccn(-c3cccnc3N3CCC(Oc4ccccc4F)CC3)n2)C[C@H](C)N1C(=O)C(F)(F)F. The number of para-hydroxylation sites is 1. The van der Waals surface area contributed by atoms with E-state index in [-0.39, 0.29) is 17.7 Å². The number of hydrogen-bond donors (Lipinski definition) is 0. The molecule has 0 N–H and O–H groups in total. The van der Waals surface area contributed by atoms with Gasteiger partial charge in [0.15, 0.2) is 17.4 Å². The predicted molar refractivity (Wildman–Crippen MR) is 141 cm³/mol. The smallest absolute Gasteiger partial charge is 0.471 e. The zero-order chi connectivity index (χ0) is 28.4. The van der Waals surface area contributed by atoms with Gasteiger partial charge in [-0.1, -0.05) is 12.1 Å². The lowest BCUT2D eigenvalue weighted by molar-refractivity contribution is -0.192. The van der Waals surface area contributed by atoms with Gasteiger partial charge in [0.2, 0.25) is 0 Å². The van der Waals surface area contributed by atoms with Crippen molar-refractivity contribution < 1.29 is 27.1 Å². The number of nitrogens with zero attached hydrogens (tertiary/aromatic N) is 6. The van der Waals surface area contributed by atoms with Crippen molar-refractivity contribution in [2.75, 3.05) is 31.1 Å². The molecule has 2 aromatic heterocycles. The third kappa shape index (κ3) is 6.06. The molecule has 8 nitrogen and oxygen atoms in total. The van der Waals surface area contributed by atoms with E-state index < -0.39 is 24.2 Å². The van der Waals surface area contributed by atoms with Crippen LogP contribution in [0.2, 0.25) is 0 Å². The van der Waals surface area contributed by atoms with Crippen LogP contribution in [0.3, 0.4) is 0 Å². The molecule has 40 heavy (non-hydrogen) atoms. The van der Waals surface area contributed by atoms with Crippen LogP contribution in [-0.2, 0) is 11.3 Å². The number of halogens is 4. The lowest BCUT2D eigenvalue weighted by Gasteiger charge is -2.44. The van der Waals surface area contributed by atoms with Crippen LogP contribution < -0.4 is 9.64 Å². The Labute approximate surface area is 230 Å². The maximum Gasteiger partial charge on any atom is 0.471 e. The molecule has 1 amide bonds. The maximum atomic E-state index is 14.0. The first kappa shape index (κ1) is 27.9. The highest BCUT2D eigenvalue weighted by atomic mass is 19.4. The fourth-order valence-corrected chi connectivity index (χ4v) is 5.63. The summed E-state index contributed by atoms with van der Waals surface area (Å²) in [5.41, 5.74) is 1.58. The van der Waals surface area contributed by atoms with Gasteiger partial charge in [-0.2, -0.15) is 18.3 Å². The standard InChI is InChI=1S/C28H32F4N6O2/c1-19-16-35(17-20(2)38(19)27(39)28(30,31)32)18-21-9-15-37(34-21)24-7-5-12-33-26(24)36-13-10-22(11-14-36)40-25-8-4-3-6-23(25)29/h3-9,12,15,19-20,22H,10-11,13-14,16-18H2,1-2H3/t19-,20+. The summed E-state index contributed by atoms with van der Waals surface area (Å²) < 4.78 is 60.7. The van der Waals surface area contributed by atoms with E-state index >= 15 is 0 Å². The number of carbonyl (C=O) groups excluding carboxylic acids is 1. The van der Waals surface area contributed by atoms with Gasteiger partial charge < -0.3 is 14.5 Å². The molecule has 0 radical (unpaired) electrons. The van der Waals surface area contributed by atoms with Gasteiger partial charge in [-0.05, 0) is 44.2 Å². The Morgan fingerprint density at radius 1 is 1.02 bits per heavy atom. The minimum Gasteiger partial charge on any atom is -0.487 e. The van der Waals surface area contributed by atoms with Crippen LogP contribution in [0.25, 0.3) is 5.69 Å². The van der Waals surface area contributed by atoms with E-state index in [4.69, 9.17) is 9.84 Å². The third-order valence-corrected chi connectivity index (χ3v) is 7.39. The second kappa shape index (κ2) is 11.4. The fourth-order valence-electron chi connectivity index (χ4n) is 5.63. The number of piperazine rings is 1. The number of anilines is 1. The molecule has 2 aliphatic rings. The molecule has 214 valence electrons. The van der Waals surface area contributed by atoms with E-state index in [1.807, 2.05) is 29.3 Å². The summed E-state index contributed by atoms with van der Waals surface area (Å²) in [7, 11) is 0. The second-order valence-electron chi connectivity index (χ2n) is 10.4. The number of piperidine rings is 1. The number of alkyl halides is 3. The van der Waals surface area contributed by atoms with Gasteiger partial charge in [-0.15, -0.1) is 0 Å². The molecule has 3 aromatic rings. The van der Waals surface area contributed by atoms with E-state index in [9.17, 15) is 22.4 Å². The monoisotopic (exact) mass is 560 g/mol. The average molecular weight is 561 g/mol. The lowest BCUT2D eigenvalue weighted by Crippen LogP contribution is -2.60. The van der Waals surface area contributed by atoms with Gasteiger partial charge in [-0.3, -0.25) is 9.69 Å². The van der Waals surface area contributed by atoms with Crippen molar-refractivity contribution in [1.29, 1.82) is 0 Å². The highest BCUT2D eigenvalue weighted by Gasteiger charge is 2.47. The van der Waals surface area contributed by atoms with Gasteiger partial charge in [0.25, 0.3) is 0 Å². The van der Waals surface area contributed by atoms with Crippen LogP contribution in [0.5, 0.6) is 5.75 Å². The van der Waals surface area contributed by atoms with E-state index in [1.165, 1.54) is 6.07 Å². The molecule has 2 saturated heterocycles. The summed E-state index contributed by atoms with van der Waals surface area (Å²) in [5, 5.41) is 4.74.